The molecule has 1 unspecified atom stereocenters. The van der Waals surface area contributed by atoms with Crippen LogP contribution in [0.2, 0.25) is 0 Å². The molecule has 1 heterocycles. The first kappa shape index (κ1) is 17.0. The monoisotopic (exact) mass is 338 g/mol. The quantitative estimate of drug-likeness (QED) is 0.748. The van der Waals surface area contributed by atoms with Gasteiger partial charge in [-0.15, -0.1) is 0 Å². The molecular formula is C20H22N2O3. The van der Waals surface area contributed by atoms with Gasteiger partial charge in [-0.1, -0.05) is 56.3 Å². The van der Waals surface area contributed by atoms with Crippen LogP contribution in [0.5, 0.6) is 0 Å². The molecule has 3 rings (SSSR count). The zero-order valence-corrected chi connectivity index (χ0v) is 14.4. The van der Waals surface area contributed by atoms with Gasteiger partial charge in [-0.05, 0) is 23.6 Å². The molecular weight excluding hydrogens is 316 g/mol. The smallest absolute Gasteiger partial charge is 0.408 e. The van der Waals surface area contributed by atoms with E-state index < -0.39 is 5.76 Å². The molecule has 5 heteroatoms. The predicted octanol–water partition coefficient (Wildman–Crippen LogP) is 3.50. The summed E-state index contributed by atoms with van der Waals surface area (Å²) in [6.07, 6.45) is 0.222. The average molecular weight is 338 g/mol. The van der Waals surface area contributed by atoms with Crippen molar-refractivity contribution in [3.63, 3.8) is 0 Å². The molecule has 1 N–H and O–H groups in total. The third kappa shape index (κ3) is 3.82. The minimum Gasteiger partial charge on any atom is -0.408 e. The molecule has 0 saturated carbocycles. The number of hydrogen-bond donors (Lipinski definition) is 1. The van der Waals surface area contributed by atoms with Gasteiger partial charge in [0.25, 0.3) is 0 Å². The van der Waals surface area contributed by atoms with E-state index in [0.717, 1.165) is 5.56 Å². The van der Waals surface area contributed by atoms with Crippen molar-refractivity contribution in [3.8, 4) is 0 Å². The third-order valence-corrected chi connectivity index (χ3v) is 4.28. The molecule has 2 aromatic carbocycles. The van der Waals surface area contributed by atoms with Crippen molar-refractivity contribution in [3.05, 3.63) is 70.7 Å². The zero-order valence-electron chi connectivity index (χ0n) is 14.4. The van der Waals surface area contributed by atoms with Gasteiger partial charge in [0.15, 0.2) is 5.58 Å². The molecule has 0 fully saturated rings. The van der Waals surface area contributed by atoms with Crippen molar-refractivity contribution < 1.29 is 9.21 Å². The van der Waals surface area contributed by atoms with Gasteiger partial charge in [0.2, 0.25) is 5.91 Å². The summed E-state index contributed by atoms with van der Waals surface area (Å²) in [6.45, 7) is 4.44. The Hall–Kier alpha value is -2.82. The van der Waals surface area contributed by atoms with Crippen LogP contribution >= 0.6 is 0 Å². The largest absolute Gasteiger partial charge is 0.419 e. The Kier molecular flexibility index (Phi) is 5.03. The number of nitrogens with zero attached hydrogens (tertiary/aromatic N) is 1. The number of para-hydroxylation sites is 2. The number of aromatic nitrogens is 1. The number of rotatable bonds is 6. The molecule has 0 aliphatic heterocycles. The SMILES string of the molecule is CC(C)C(NC(=O)CCn1c(=O)oc2ccccc21)c1ccccc1. The lowest BCUT2D eigenvalue weighted by Crippen LogP contribution is -2.32. The Morgan fingerprint density at radius 2 is 1.76 bits per heavy atom. The second-order valence-electron chi connectivity index (χ2n) is 6.44. The second-order valence-corrected chi connectivity index (χ2v) is 6.44. The molecule has 130 valence electrons. The maximum Gasteiger partial charge on any atom is 0.419 e. The highest BCUT2D eigenvalue weighted by Crippen LogP contribution is 2.21. The lowest BCUT2D eigenvalue weighted by atomic mass is 9.96. The molecule has 0 aliphatic rings. The van der Waals surface area contributed by atoms with Crippen LogP contribution in [-0.2, 0) is 11.3 Å². The number of benzene rings is 2. The first-order valence-corrected chi connectivity index (χ1v) is 8.49. The van der Waals surface area contributed by atoms with Gasteiger partial charge >= 0.3 is 5.76 Å². The lowest BCUT2D eigenvalue weighted by Gasteiger charge is -2.23. The average Bonchev–Trinajstić information content (AvgIpc) is 2.93. The fourth-order valence-electron chi connectivity index (χ4n) is 2.98. The van der Waals surface area contributed by atoms with E-state index in [4.69, 9.17) is 4.42 Å². The third-order valence-electron chi connectivity index (χ3n) is 4.28. The fraction of sp³-hybridized carbons (Fsp3) is 0.300. The van der Waals surface area contributed by atoms with E-state index in [2.05, 4.69) is 19.2 Å². The number of oxazole rings is 1. The van der Waals surface area contributed by atoms with Crippen molar-refractivity contribution in [2.45, 2.75) is 32.9 Å². The van der Waals surface area contributed by atoms with Crippen LogP contribution < -0.4 is 11.1 Å². The molecule has 1 atom stereocenters. The molecule has 25 heavy (non-hydrogen) atoms. The van der Waals surface area contributed by atoms with Crippen molar-refractivity contribution in [1.29, 1.82) is 0 Å². The van der Waals surface area contributed by atoms with Crippen molar-refractivity contribution in [1.82, 2.24) is 9.88 Å². The summed E-state index contributed by atoms with van der Waals surface area (Å²) in [5.74, 6) is -0.249. The number of fused-ring (bicyclic) bond motifs is 1. The minimum atomic E-state index is -0.433. The highest BCUT2D eigenvalue weighted by molar-refractivity contribution is 5.77. The number of nitrogens with one attached hydrogen (secondary N) is 1. The van der Waals surface area contributed by atoms with E-state index in [1.165, 1.54) is 4.57 Å². The number of carbonyl (C=O) groups is 1. The van der Waals surface area contributed by atoms with Crippen molar-refractivity contribution in [2.24, 2.45) is 5.92 Å². The number of aryl methyl sites for hydroxylation is 1. The van der Waals surface area contributed by atoms with E-state index in [-0.39, 0.29) is 24.3 Å². The molecule has 1 amide bonds. The molecule has 1 aromatic heterocycles. The van der Waals surface area contributed by atoms with Crippen LogP contribution in [0.1, 0.15) is 31.9 Å². The van der Waals surface area contributed by atoms with Gasteiger partial charge in [-0.3, -0.25) is 9.36 Å². The van der Waals surface area contributed by atoms with E-state index in [1.54, 1.807) is 6.07 Å². The Morgan fingerprint density at radius 3 is 2.48 bits per heavy atom. The van der Waals surface area contributed by atoms with Crippen LogP contribution in [-0.4, -0.2) is 10.5 Å². The summed E-state index contributed by atoms with van der Waals surface area (Å²) in [5.41, 5.74) is 2.33. The van der Waals surface area contributed by atoms with Crippen LogP contribution in [0, 0.1) is 5.92 Å². The highest BCUT2D eigenvalue weighted by atomic mass is 16.4. The number of carbonyl (C=O) groups excluding carboxylic acids is 1. The van der Waals surface area contributed by atoms with E-state index in [0.29, 0.717) is 17.6 Å². The normalized spacial score (nSPS) is 12.4. The first-order valence-electron chi connectivity index (χ1n) is 8.49. The molecule has 0 spiro atoms. The van der Waals surface area contributed by atoms with E-state index in [1.807, 2.05) is 48.5 Å². The zero-order chi connectivity index (χ0) is 17.8. The van der Waals surface area contributed by atoms with Gasteiger partial charge in [-0.25, -0.2) is 4.79 Å². The lowest BCUT2D eigenvalue weighted by molar-refractivity contribution is -0.122. The Balaban J connectivity index is 1.69. The molecule has 0 aliphatic carbocycles. The second kappa shape index (κ2) is 7.38. The van der Waals surface area contributed by atoms with Crippen molar-refractivity contribution in [2.75, 3.05) is 0 Å². The number of hydrogen-bond acceptors (Lipinski definition) is 3. The van der Waals surface area contributed by atoms with Gasteiger partial charge in [-0.2, -0.15) is 0 Å². The molecule has 5 nitrogen and oxygen atoms in total. The molecule has 3 aromatic rings. The van der Waals surface area contributed by atoms with E-state index in [9.17, 15) is 9.59 Å². The highest BCUT2D eigenvalue weighted by Gasteiger charge is 2.18. The molecule has 0 bridgehead atoms. The van der Waals surface area contributed by atoms with Gasteiger partial charge in [0.05, 0.1) is 11.6 Å². The first-order chi connectivity index (χ1) is 12.1. The minimum absolute atomic E-state index is 0.0495. The van der Waals surface area contributed by atoms with Crippen LogP contribution in [0.15, 0.2) is 63.8 Å². The molecule has 0 radical (unpaired) electrons. The topological polar surface area (TPSA) is 64.2 Å². The van der Waals surface area contributed by atoms with Gasteiger partial charge < -0.3 is 9.73 Å². The summed E-state index contributed by atoms with van der Waals surface area (Å²) < 4.78 is 6.70. The summed E-state index contributed by atoms with van der Waals surface area (Å²) in [6, 6.07) is 17.1. The fourth-order valence-corrected chi connectivity index (χ4v) is 2.98. The molecule has 0 saturated heterocycles. The van der Waals surface area contributed by atoms with Gasteiger partial charge in [0.1, 0.15) is 0 Å². The van der Waals surface area contributed by atoms with Crippen LogP contribution in [0.3, 0.4) is 0 Å². The van der Waals surface area contributed by atoms with Gasteiger partial charge in [0, 0.05) is 13.0 Å². The predicted molar refractivity (Wildman–Crippen MR) is 97.3 cm³/mol. The maximum absolute atomic E-state index is 12.4. The Morgan fingerprint density at radius 1 is 1.08 bits per heavy atom. The number of amides is 1. The Labute approximate surface area is 146 Å². The van der Waals surface area contributed by atoms with Crippen LogP contribution in [0.25, 0.3) is 11.1 Å². The summed E-state index contributed by atoms with van der Waals surface area (Å²) in [5, 5.41) is 3.08. The maximum atomic E-state index is 12.4. The van der Waals surface area contributed by atoms with Crippen LogP contribution in [0.4, 0.5) is 0 Å². The summed E-state index contributed by atoms with van der Waals surface area (Å²) in [4.78, 5) is 24.4. The standard InChI is InChI=1S/C20H22N2O3/c1-14(2)19(15-8-4-3-5-9-15)21-18(23)12-13-22-16-10-6-7-11-17(16)25-20(22)24/h3-11,14,19H,12-13H2,1-2H3,(H,21,23). The van der Waals surface area contributed by atoms with E-state index >= 15 is 0 Å². The summed E-state index contributed by atoms with van der Waals surface area (Å²) in [7, 11) is 0. The van der Waals surface area contributed by atoms with Crippen molar-refractivity contribution >= 4 is 17.0 Å². The summed E-state index contributed by atoms with van der Waals surface area (Å²) >= 11 is 0. The Bertz CT molecular complexity index is 909.